The fourth-order valence-electron chi connectivity index (χ4n) is 2.98. The Hall–Kier alpha value is -2.45. The summed E-state index contributed by atoms with van der Waals surface area (Å²) in [7, 11) is 4.02. The predicted octanol–water partition coefficient (Wildman–Crippen LogP) is 1.53. The molecule has 1 fully saturated rings. The van der Waals surface area contributed by atoms with E-state index in [0.29, 0.717) is 18.1 Å². The number of likely N-dealkylation sites (tertiary alicyclic amines) is 1. The second-order valence-electron chi connectivity index (χ2n) is 6.86. The molecule has 8 heteroatoms. The largest absolute Gasteiger partial charge is 0.489 e. The Labute approximate surface area is 153 Å². The van der Waals surface area contributed by atoms with Crippen LogP contribution in [0.3, 0.4) is 0 Å². The molecule has 3 rings (SSSR count). The Morgan fingerprint density at radius 3 is 3.04 bits per heavy atom. The van der Waals surface area contributed by atoms with Crippen LogP contribution in [0.4, 0.5) is 5.82 Å². The average molecular weight is 359 g/mol. The molecule has 1 aliphatic heterocycles. The maximum Gasteiger partial charge on any atom is 0.239 e. The van der Waals surface area contributed by atoms with Crippen LogP contribution in [0.2, 0.25) is 0 Å². The van der Waals surface area contributed by atoms with Crippen molar-refractivity contribution in [2.75, 3.05) is 39.0 Å². The number of aryl methyl sites for hydroxylation is 1. The molecule has 1 aliphatic rings. The van der Waals surface area contributed by atoms with Gasteiger partial charge in [0.05, 0.1) is 12.2 Å². The Morgan fingerprint density at radius 1 is 1.46 bits per heavy atom. The van der Waals surface area contributed by atoms with Crippen LogP contribution in [-0.2, 0) is 11.3 Å². The molecule has 1 saturated heterocycles. The molecule has 0 aliphatic carbocycles. The third kappa shape index (κ3) is 5.27. The van der Waals surface area contributed by atoms with Crippen LogP contribution in [0.5, 0.6) is 5.75 Å². The first kappa shape index (κ1) is 18.3. The molecular formula is C18H25N5O3. The third-order valence-electron chi connectivity index (χ3n) is 4.06. The fraction of sp³-hybridized carbons (Fsp3) is 0.500. The van der Waals surface area contributed by atoms with Crippen LogP contribution in [0, 0.1) is 6.92 Å². The summed E-state index contributed by atoms with van der Waals surface area (Å²) in [6.07, 6.45) is 2.74. The van der Waals surface area contributed by atoms with Gasteiger partial charge in [-0.05, 0) is 33.5 Å². The Bertz CT molecular complexity index is 746. The van der Waals surface area contributed by atoms with Crippen molar-refractivity contribution in [3.05, 3.63) is 35.9 Å². The summed E-state index contributed by atoms with van der Waals surface area (Å²) < 4.78 is 11.0. The van der Waals surface area contributed by atoms with Crippen LogP contribution >= 0.6 is 0 Å². The zero-order valence-electron chi connectivity index (χ0n) is 15.4. The Balaban J connectivity index is 1.47. The molecule has 0 bridgehead atoms. The zero-order chi connectivity index (χ0) is 18.5. The summed E-state index contributed by atoms with van der Waals surface area (Å²) in [6.45, 7) is 4.42. The topological polar surface area (TPSA) is 83.7 Å². The summed E-state index contributed by atoms with van der Waals surface area (Å²) in [6, 6.07) is 5.55. The number of hydrogen-bond donors (Lipinski definition) is 1. The first-order valence-corrected chi connectivity index (χ1v) is 8.70. The van der Waals surface area contributed by atoms with Crippen molar-refractivity contribution in [1.82, 2.24) is 19.9 Å². The van der Waals surface area contributed by atoms with E-state index < -0.39 is 0 Å². The van der Waals surface area contributed by atoms with E-state index in [0.717, 1.165) is 37.5 Å². The lowest BCUT2D eigenvalue weighted by atomic mass is 10.3. The fourth-order valence-corrected chi connectivity index (χ4v) is 2.98. The lowest BCUT2D eigenvalue weighted by Crippen LogP contribution is -2.33. The SMILES string of the molecule is Cc1cc(NC(=O)CN2CCC(Oc3ccnc(CN(C)C)c3)C2)no1. The molecule has 2 aromatic heterocycles. The summed E-state index contributed by atoms with van der Waals surface area (Å²) in [5.74, 6) is 1.84. The second kappa shape index (κ2) is 8.29. The van der Waals surface area contributed by atoms with E-state index in [-0.39, 0.29) is 12.0 Å². The zero-order valence-corrected chi connectivity index (χ0v) is 15.4. The smallest absolute Gasteiger partial charge is 0.239 e. The minimum Gasteiger partial charge on any atom is -0.489 e. The van der Waals surface area contributed by atoms with Crippen LogP contribution < -0.4 is 10.1 Å². The Morgan fingerprint density at radius 2 is 2.31 bits per heavy atom. The van der Waals surface area contributed by atoms with Crippen molar-refractivity contribution < 1.29 is 14.1 Å². The molecule has 8 nitrogen and oxygen atoms in total. The number of nitrogens with zero attached hydrogens (tertiary/aromatic N) is 4. The van der Waals surface area contributed by atoms with Gasteiger partial charge in [-0.3, -0.25) is 14.7 Å². The molecule has 0 aromatic carbocycles. The number of nitrogens with one attached hydrogen (secondary N) is 1. The number of hydrogen-bond acceptors (Lipinski definition) is 7. The Kier molecular flexibility index (Phi) is 5.85. The first-order chi connectivity index (χ1) is 12.5. The highest BCUT2D eigenvalue weighted by atomic mass is 16.5. The standard InChI is InChI=1S/C18H25N5O3/c1-13-8-17(21-26-13)20-18(24)12-23-7-5-16(11-23)25-15-4-6-19-14(9-15)10-22(2)3/h4,6,8-9,16H,5,7,10-12H2,1-3H3,(H,20,21,24). The van der Waals surface area contributed by atoms with E-state index in [1.54, 1.807) is 19.2 Å². The van der Waals surface area contributed by atoms with E-state index in [2.05, 4.69) is 25.3 Å². The predicted molar refractivity (Wildman–Crippen MR) is 97.0 cm³/mol. The highest BCUT2D eigenvalue weighted by Crippen LogP contribution is 2.19. The maximum atomic E-state index is 12.1. The molecular weight excluding hydrogens is 334 g/mol. The number of aromatic nitrogens is 2. The number of pyridine rings is 1. The lowest BCUT2D eigenvalue weighted by Gasteiger charge is -2.17. The molecule has 26 heavy (non-hydrogen) atoms. The van der Waals surface area contributed by atoms with Gasteiger partial charge in [0.2, 0.25) is 5.91 Å². The van der Waals surface area contributed by atoms with E-state index in [1.165, 1.54) is 0 Å². The summed E-state index contributed by atoms with van der Waals surface area (Å²) in [5.41, 5.74) is 0.977. The molecule has 3 heterocycles. The lowest BCUT2D eigenvalue weighted by molar-refractivity contribution is -0.117. The van der Waals surface area contributed by atoms with Crippen molar-refractivity contribution in [2.24, 2.45) is 0 Å². The van der Waals surface area contributed by atoms with Crippen molar-refractivity contribution >= 4 is 11.7 Å². The van der Waals surface area contributed by atoms with Gasteiger partial charge in [-0.25, -0.2) is 0 Å². The van der Waals surface area contributed by atoms with Crippen LogP contribution in [-0.4, -0.2) is 65.7 Å². The number of anilines is 1. The quantitative estimate of drug-likeness (QED) is 0.802. The van der Waals surface area contributed by atoms with Gasteiger partial charge in [0.15, 0.2) is 5.82 Å². The van der Waals surface area contributed by atoms with Gasteiger partial charge >= 0.3 is 0 Å². The molecule has 0 radical (unpaired) electrons. The van der Waals surface area contributed by atoms with Gasteiger partial charge in [-0.15, -0.1) is 0 Å². The number of ether oxygens (including phenoxy) is 1. The van der Waals surface area contributed by atoms with Crippen molar-refractivity contribution in [3.63, 3.8) is 0 Å². The second-order valence-corrected chi connectivity index (χ2v) is 6.86. The highest BCUT2D eigenvalue weighted by Gasteiger charge is 2.25. The maximum absolute atomic E-state index is 12.1. The van der Waals surface area contributed by atoms with Gasteiger partial charge < -0.3 is 19.5 Å². The normalized spacial score (nSPS) is 17.6. The van der Waals surface area contributed by atoms with E-state index in [4.69, 9.17) is 9.26 Å². The van der Waals surface area contributed by atoms with Crippen LogP contribution in [0.1, 0.15) is 17.9 Å². The third-order valence-corrected chi connectivity index (χ3v) is 4.06. The molecule has 1 unspecified atom stereocenters. The van der Waals surface area contributed by atoms with Gasteiger partial charge in [-0.2, -0.15) is 0 Å². The van der Waals surface area contributed by atoms with Gasteiger partial charge in [0, 0.05) is 38.0 Å². The average Bonchev–Trinajstić information content (AvgIpc) is 3.16. The molecule has 0 spiro atoms. The van der Waals surface area contributed by atoms with Crippen LogP contribution in [0.15, 0.2) is 28.9 Å². The highest BCUT2D eigenvalue weighted by molar-refractivity contribution is 5.91. The summed E-state index contributed by atoms with van der Waals surface area (Å²) in [4.78, 5) is 20.6. The minimum atomic E-state index is -0.101. The summed E-state index contributed by atoms with van der Waals surface area (Å²) >= 11 is 0. The molecule has 1 atom stereocenters. The number of carbonyl (C=O) groups is 1. The number of carbonyl (C=O) groups excluding carboxylic acids is 1. The molecule has 2 aromatic rings. The molecule has 1 amide bonds. The first-order valence-electron chi connectivity index (χ1n) is 8.70. The van der Waals surface area contributed by atoms with Crippen molar-refractivity contribution in [2.45, 2.75) is 26.0 Å². The van der Waals surface area contributed by atoms with Crippen LogP contribution in [0.25, 0.3) is 0 Å². The molecule has 140 valence electrons. The number of rotatable bonds is 7. The van der Waals surface area contributed by atoms with Crippen molar-refractivity contribution in [3.8, 4) is 5.75 Å². The monoisotopic (exact) mass is 359 g/mol. The van der Waals surface area contributed by atoms with Crippen molar-refractivity contribution in [1.29, 1.82) is 0 Å². The minimum absolute atomic E-state index is 0.0756. The van der Waals surface area contributed by atoms with E-state index in [9.17, 15) is 4.79 Å². The van der Waals surface area contributed by atoms with E-state index >= 15 is 0 Å². The summed E-state index contributed by atoms with van der Waals surface area (Å²) in [5, 5.41) is 6.51. The molecule has 0 saturated carbocycles. The van der Waals surface area contributed by atoms with E-state index in [1.807, 2.05) is 26.2 Å². The van der Waals surface area contributed by atoms with Gasteiger partial charge in [0.25, 0.3) is 0 Å². The van der Waals surface area contributed by atoms with Gasteiger partial charge in [-0.1, -0.05) is 5.16 Å². The number of amides is 1. The van der Waals surface area contributed by atoms with Gasteiger partial charge in [0.1, 0.15) is 17.6 Å². The molecule has 1 N–H and O–H groups in total.